The Bertz CT molecular complexity index is 1260. The Kier molecular flexibility index (Phi) is 5.32. The van der Waals surface area contributed by atoms with Gasteiger partial charge in [0.15, 0.2) is 0 Å². The van der Waals surface area contributed by atoms with Crippen molar-refractivity contribution in [3.8, 4) is 11.4 Å². The van der Waals surface area contributed by atoms with Crippen molar-refractivity contribution in [2.75, 3.05) is 4.90 Å². The number of hydrogen-bond acceptors (Lipinski definition) is 3. The van der Waals surface area contributed by atoms with Crippen molar-refractivity contribution in [2.24, 2.45) is 0 Å². The molecule has 32 heavy (non-hydrogen) atoms. The minimum absolute atomic E-state index is 0.157. The summed E-state index contributed by atoms with van der Waals surface area (Å²) in [5.74, 6) is 0.224. The van der Waals surface area contributed by atoms with Crippen LogP contribution >= 0.6 is 0 Å². The van der Waals surface area contributed by atoms with Gasteiger partial charge in [-0.3, -0.25) is 9.97 Å². The van der Waals surface area contributed by atoms with Crippen molar-refractivity contribution in [1.29, 1.82) is 0 Å². The number of hydrogen-bond donors (Lipinski definition) is 0. The van der Waals surface area contributed by atoms with Crippen molar-refractivity contribution in [3.05, 3.63) is 120 Å². The molecular formula is C29H27N3. The van der Waals surface area contributed by atoms with Crippen LogP contribution in [0.4, 0.5) is 5.69 Å². The lowest BCUT2D eigenvalue weighted by atomic mass is 9.80. The van der Waals surface area contributed by atoms with E-state index in [0.717, 1.165) is 11.4 Å². The van der Waals surface area contributed by atoms with Gasteiger partial charge >= 0.3 is 0 Å². The smallest absolute Gasteiger partial charge is 0.0942 e. The number of anilines is 1. The monoisotopic (exact) mass is 417 g/mol. The number of para-hydroxylation sites is 1. The van der Waals surface area contributed by atoms with Gasteiger partial charge in [0.2, 0.25) is 0 Å². The Labute approximate surface area is 190 Å². The van der Waals surface area contributed by atoms with Gasteiger partial charge in [-0.05, 0) is 42.3 Å². The molecule has 4 aromatic rings. The second-order valence-electron chi connectivity index (χ2n) is 7.98. The highest BCUT2D eigenvalue weighted by molar-refractivity contribution is 5.87. The number of aryl methyl sites for hydroxylation is 1. The summed E-state index contributed by atoms with van der Waals surface area (Å²) in [5.41, 5.74) is 9.41. The average Bonchev–Trinajstić information content (AvgIpc) is 3.27. The number of pyridine rings is 2. The largest absolute Gasteiger partial charge is 0.333 e. The minimum atomic E-state index is 0.157. The third-order valence-electron chi connectivity index (χ3n) is 6.18. The Morgan fingerprint density at radius 3 is 2.00 bits per heavy atom. The first-order valence-electron chi connectivity index (χ1n) is 11.3. The van der Waals surface area contributed by atoms with E-state index < -0.39 is 0 Å². The summed E-state index contributed by atoms with van der Waals surface area (Å²) in [7, 11) is 0. The molecule has 2 atom stereocenters. The van der Waals surface area contributed by atoms with E-state index in [1.165, 1.54) is 33.6 Å². The third-order valence-corrected chi connectivity index (χ3v) is 6.18. The number of rotatable bonds is 2. The first-order valence-corrected chi connectivity index (χ1v) is 11.3. The van der Waals surface area contributed by atoms with Crippen LogP contribution in [0.15, 0.2) is 97.3 Å². The molecule has 3 heteroatoms. The Hall–Kier alpha value is -3.72. The molecule has 0 fully saturated rings. The van der Waals surface area contributed by atoms with Gasteiger partial charge in [0.1, 0.15) is 0 Å². The fourth-order valence-electron chi connectivity index (χ4n) is 4.83. The molecule has 0 bridgehead atoms. The van der Waals surface area contributed by atoms with Crippen molar-refractivity contribution in [1.82, 2.24) is 9.97 Å². The average molecular weight is 418 g/mol. The van der Waals surface area contributed by atoms with E-state index >= 15 is 0 Å². The highest BCUT2D eigenvalue weighted by atomic mass is 15.2. The molecule has 0 spiro atoms. The van der Waals surface area contributed by atoms with Crippen LogP contribution in [-0.4, -0.2) is 9.97 Å². The molecule has 1 aliphatic heterocycles. The Morgan fingerprint density at radius 1 is 0.688 bits per heavy atom. The molecule has 1 aliphatic carbocycles. The number of nitrogens with zero attached hydrogens (tertiary/aromatic N) is 3. The molecule has 6 rings (SSSR count). The molecule has 0 saturated carbocycles. The summed E-state index contributed by atoms with van der Waals surface area (Å²) in [6.45, 7) is 6.13. The van der Waals surface area contributed by atoms with E-state index in [-0.39, 0.29) is 12.0 Å². The molecule has 3 nitrogen and oxygen atoms in total. The molecule has 2 aromatic carbocycles. The molecule has 2 unspecified atom stereocenters. The topological polar surface area (TPSA) is 29.0 Å². The number of benzene rings is 2. The highest BCUT2D eigenvalue weighted by Gasteiger charge is 2.43. The Morgan fingerprint density at radius 2 is 1.31 bits per heavy atom. The first kappa shape index (κ1) is 20.2. The lowest BCUT2D eigenvalue weighted by Gasteiger charge is -2.37. The second kappa shape index (κ2) is 8.43. The molecule has 2 aliphatic rings. The van der Waals surface area contributed by atoms with Gasteiger partial charge in [0, 0.05) is 35.3 Å². The van der Waals surface area contributed by atoms with Gasteiger partial charge in [-0.15, -0.1) is 0 Å². The van der Waals surface area contributed by atoms with Crippen molar-refractivity contribution >= 4 is 11.4 Å². The van der Waals surface area contributed by atoms with Crippen LogP contribution < -0.4 is 4.90 Å². The van der Waals surface area contributed by atoms with Crippen LogP contribution in [0.3, 0.4) is 0 Å². The highest BCUT2D eigenvalue weighted by Crippen LogP contribution is 2.55. The zero-order chi connectivity index (χ0) is 22.1. The molecular weight excluding hydrogens is 390 g/mol. The van der Waals surface area contributed by atoms with Crippen LogP contribution in [0, 0.1) is 6.92 Å². The second-order valence-corrected chi connectivity index (χ2v) is 7.98. The minimum Gasteiger partial charge on any atom is -0.333 e. The molecule has 3 heterocycles. The lowest BCUT2D eigenvalue weighted by molar-refractivity contribution is 0.648. The summed E-state index contributed by atoms with van der Waals surface area (Å²) in [6, 6.07) is 28.1. The standard InChI is InChI=1S/C27H21N3.C2H6/c1-18-11-13-19(14-12-18)24-17-23-21-9-5-15-28-25(21)26-22(10-6-16-29-26)27(23)30(24)20-7-3-2-4-8-20;1-2/h2-17,23,27H,1H3;1-2H3. The van der Waals surface area contributed by atoms with E-state index in [2.05, 4.69) is 84.6 Å². The van der Waals surface area contributed by atoms with Crippen LogP contribution in [-0.2, 0) is 0 Å². The third kappa shape index (κ3) is 3.21. The van der Waals surface area contributed by atoms with Crippen LogP contribution in [0.5, 0.6) is 0 Å². The summed E-state index contributed by atoms with van der Waals surface area (Å²) in [5, 5.41) is 0. The van der Waals surface area contributed by atoms with Gasteiger partial charge in [-0.2, -0.15) is 0 Å². The molecule has 0 radical (unpaired) electrons. The number of fused-ring (bicyclic) bond motifs is 6. The van der Waals surface area contributed by atoms with E-state index in [4.69, 9.17) is 9.97 Å². The van der Waals surface area contributed by atoms with E-state index in [9.17, 15) is 0 Å². The summed E-state index contributed by atoms with van der Waals surface area (Å²) in [6.07, 6.45) is 6.15. The van der Waals surface area contributed by atoms with E-state index in [1.54, 1.807) is 0 Å². The molecule has 0 saturated heterocycles. The predicted molar refractivity (Wildman–Crippen MR) is 132 cm³/mol. The van der Waals surface area contributed by atoms with Crippen LogP contribution in [0.25, 0.3) is 17.1 Å². The van der Waals surface area contributed by atoms with Crippen molar-refractivity contribution in [3.63, 3.8) is 0 Å². The first-order chi connectivity index (χ1) is 15.8. The molecule has 158 valence electrons. The van der Waals surface area contributed by atoms with Gasteiger partial charge in [-0.1, -0.05) is 80.1 Å². The van der Waals surface area contributed by atoms with Crippen LogP contribution in [0.2, 0.25) is 0 Å². The van der Waals surface area contributed by atoms with Crippen molar-refractivity contribution < 1.29 is 0 Å². The zero-order valence-electron chi connectivity index (χ0n) is 18.7. The molecule has 2 aromatic heterocycles. The van der Waals surface area contributed by atoms with E-state index in [0.29, 0.717) is 0 Å². The molecule has 0 N–H and O–H groups in total. The zero-order valence-corrected chi connectivity index (χ0v) is 18.7. The molecule has 0 amide bonds. The summed E-state index contributed by atoms with van der Waals surface area (Å²) < 4.78 is 0. The summed E-state index contributed by atoms with van der Waals surface area (Å²) >= 11 is 0. The normalized spacial score (nSPS) is 18.0. The fourth-order valence-corrected chi connectivity index (χ4v) is 4.83. The maximum atomic E-state index is 4.75. The SMILES string of the molecule is CC.Cc1ccc(C2=CC3c4cccnc4-c4ncccc4C3N2c2ccccc2)cc1. The Balaban J connectivity index is 0.00000105. The predicted octanol–water partition coefficient (Wildman–Crippen LogP) is 7.18. The van der Waals surface area contributed by atoms with Gasteiger partial charge in [0.25, 0.3) is 0 Å². The van der Waals surface area contributed by atoms with Crippen LogP contribution in [0.1, 0.15) is 48.1 Å². The fraction of sp³-hybridized carbons (Fsp3) is 0.172. The van der Waals surface area contributed by atoms with Gasteiger partial charge in [0.05, 0.1) is 17.4 Å². The quantitative estimate of drug-likeness (QED) is 0.346. The summed E-state index contributed by atoms with van der Waals surface area (Å²) in [4.78, 5) is 11.9. The van der Waals surface area contributed by atoms with Gasteiger partial charge < -0.3 is 4.90 Å². The van der Waals surface area contributed by atoms with Gasteiger partial charge in [-0.25, -0.2) is 0 Å². The maximum absolute atomic E-state index is 4.75. The van der Waals surface area contributed by atoms with Crippen molar-refractivity contribution in [2.45, 2.75) is 32.7 Å². The number of aromatic nitrogens is 2. The maximum Gasteiger partial charge on any atom is 0.0942 e. The van der Waals surface area contributed by atoms with E-state index in [1.807, 2.05) is 38.4 Å². The lowest BCUT2D eigenvalue weighted by Crippen LogP contribution is -2.29.